The van der Waals surface area contributed by atoms with E-state index in [1.54, 1.807) is 37.5 Å². The van der Waals surface area contributed by atoms with Crippen molar-refractivity contribution in [1.29, 1.82) is 0 Å². The van der Waals surface area contributed by atoms with Crippen LogP contribution < -0.4 is 40.5 Å². The molecule has 0 atom stereocenters. The molecule has 398 valence electrons. The van der Waals surface area contributed by atoms with Crippen LogP contribution in [0.5, 0.6) is 11.5 Å². The molecule has 0 radical (unpaired) electrons. The van der Waals surface area contributed by atoms with Crippen LogP contribution in [0.2, 0.25) is 0 Å². The summed E-state index contributed by atoms with van der Waals surface area (Å²) in [5, 5.41) is 22.3. The van der Waals surface area contributed by atoms with E-state index in [0.29, 0.717) is 77.3 Å². The maximum Gasteiger partial charge on any atom is 0.247 e. The van der Waals surface area contributed by atoms with Gasteiger partial charge in [-0.3, -0.25) is 28.6 Å². The first kappa shape index (κ1) is 51.7. The average molecular weight is 1040 g/mol. The highest BCUT2D eigenvalue weighted by atomic mass is 16.5. The van der Waals surface area contributed by atoms with Gasteiger partial charge in [0.05, 0.1) is 90.0 Å². The molecule has 0 bridgehead atoms. The molecule has 10 rings (SSSR count). The summed E-state index contributed by atoms with van der Waals surface area (Å²) in [5.41, 5.74) is 11.1. The molecular weight excluding hydrogens is 975 g/mol. The van der Waals surface area contributed by atoms with Gasteiger partial charge in [0.1, 0.15) is 23.0 Å². The van der Waals surface area contributed by atoms with E-state index < -0.39 is 0 Å². The van der Waals surface area contributed by atoms with Crippen LogP contribution in [0.3, 0.4) is 0 Å². The molecule has 21 nitrogen and oxygen atoms in total. The van der Waals surface area contributed by atoms with Crippen LogP contribution in [-0.2, 0) is 23.2 Å². The van der Waals surface area contributed by atoms with Crippen LogP contribution in [0.4, 0.5) is 45.9 Å². The third-order valence-corrected chi connectivity index (χ3v) is 14.6. The van der Waals surface area contributed by atoms with Crippen molar-refractivity contribution in [2.24, 2.45) is 7.05 Å². The van der Waals surface area contributed by atoms with E-state index in [1.807, 2.05) is 84.1 Å². The number of hydrogen-bond donors (Lipinski definition) is 4. The molecule has 21 heteroatoms. The van der Waals surface area contributed by atoms with Crippen molar-refractivity contribution in [3.8, 4) is 34.0 Å². The topological polar surface area (TPSA) is 205 Å². The Bertz CT molecular complexity index is 3480. The average Bonchev–Trinajstić information content (AvgIpc) is 4.21. The number of imidazole rings is 1. The standard InChI is InChI=1S/C56H65N17O4/c1-10-53(74)63-40-24-42(50(76-8)26-46(40)70-19-14-38(15-20-70)67(4)5)61-52-34-72-49(37-29-60-69(7)32-37)31-58-55(72)44(62-52)33-68(6)39-16-21-71(22-17-39)47-27-51(77-9)43(25-41(47)64-54(75)11-2)65-56-59-30-48-35(3)23-45(73(48)66-56)36-13-12-18-57-28-36/h10-13,18,23-32,34,38-39,61H,1-2,14-17,19-22,33H2,3-9H3,(H,63,74)(H,64,75)(H,65,66). The summed E-state index contributed by atoms with van der Waals surface area (Å²) in [5.74, 6) is 1.40. The molecule has 8 heterocycles. The molecule has 0 saturated carbocycles. The second-order valence-electron chi connectivity index (χ2n) is 19.7. The zero-order valence-electron chi connectivity index (χ0n) is 44.6. The van der Waals surface area contributed by atoms with Gasteiger partial charge in [-0.1, -0.05) is 13.2 Å². The van der Waals surface area contributed by atoms with Crippen molar-refractivity contribution in [1.82, 2.24) is 53.5 Å². The third kappa shape index (κ3) is 10.9. The number of ether oxygens (including phenoxy) is 2. The van der Waals surface area contributed by atoms with Crippen LogP contribution in [0.25, 0.3) is 33.7 Å². The maximum atomic E-state index is 13.0. The zero-order chi connectivity index (χ0) is 53.9. The van der Waals surface area contributed by atoms with Crippen LogP contribution >= 0.6 is 0 Å². The molecule has 0 aliphatic carbocycles. The molecule has 2 amide bonds. The van der Waals surface area contributed by atoms with Crippen molar-refractivity contribution < 1.29 is 19.1 Å². The number of amides is 2. The normalized spacial score (nSPS) is 14.4. The lowest BCUT2D eigenvalue weighted by atomic mass is 10.0. The number of benzene rings is 2. The number of aromatic nitrogens is 9. The van der Waals surface area contributed by atoms with Gasteiger partial charge >= 0.3 is 0 Å². The first-order valence-electron chi connectivity index (χ1n) is 25.6. The summed E-state index contributed by atoms with van der Waals surface area (Å²) in [4.78, 5) is 54.2. The molecule has 2 saturated heterocycles. The van der Waals surface area contributed by atoms with E-state index in [9.17, 15) is 9.59 Å². The van der Waals surface area contributed by atoms with E-state index >= 15 is 0 Å². The first-order valence-corrected chi connectivity index (χ1v) is 25.6. The number of fused-ring (bicyclic) bond motifs is 2. The highest BCUT2D eigenvalue weighted by Gasteiger charge is 2.29. The van der Waals surface area contributed by atoms with E-state index in [-0.39, 0.29) is 17.9 Å². The fraction of sp³-hybridized carbons (Fsp3) is 0.321. The second kappa shape index (κ2) is 22.2. The minimum Gasteiger partial charge on any atom is -0.494 e. The Kier molecular flexibility index (Phi) is 14.9. The van der Waals surface area contributed by atoms with Crippen LogP contribution in [0.15, 0.2) is 111 Å². The molecule has 4 N–H and O–H groups in total. The quantitative estimate of drug-likeness (QED) is 0.0603. The predicted molar refractivity (Wildman–Crippen MR) is 302 cm³/mol. The molecule has 0 unspecified atom stereocenters. The summed E-state index contributed by atoms with van der Waals surface area (Å²) in [6.45, 7) is 13.0. The van der Waals surface area contributed by atoms with E-state index in [4.69, 9.17) is 24.5 Å². The monoisotopic (exact) mass is 1040 g/mol. The Morgan fingerprint density at radius 1 is 0.753 bits per heavy atom. The summed E-state index contributed by atoms with van der Waals surface area (Å²) in [6, 6.07) is 14.3. The lowest BCUT2D eigenvalue weighted by Crippen LogP contribution is -2.43. The van der Waals surface area contributed by atoms with Gasteiger partial charge in [0.15, 0.2) is 5.65 Å². The first-order chi connectivity index (χ1) is 37.3. The smallest absolute Gasteiger partial charge is 0.247 e. The lowest BCUT2D eigenvalue weighted by molar-refractivity contribution is -0.112. The number of aryl methyl sites for hydroxylation is 2. The van der Waals surface area contributed by atoms with E-state index in [2.05, 4.69) is 96.3 Å². The van der Waals surface area contributed by atoms with E-state index in [1.165, 1.54) is 12.2 Å². The number of rotatable bonds is 18. The van der Waals surface area contributed by atoms with Crippen molar-refractivity contribution in [3.63, 3.8) is 0 Å². The highest BCUT2D eigenvalue weighted by Crippen LogP contribution is 2.42. The summed E-state index contributed by atoms with van der Waals surface area (Å²) < 4.78 is 17.7. The fourth-order valence-electron chi connectivity index (χ4n) is 10.5. The molecule has 2 aromatic carbocycles. The van der Waals surface area contributed by atoms with Gasteiger partial charge in [0.2, 0.25) is 17.8 Å². The molecule has 2 aliphatic rings. The van der Waals surface area contributed by atoms with Crippen molar-refractivity contribution >= 4 is 68.9 Å². The van der Waals surface area contributed by atoms with Crippen LogP contribution in [-0.4, -0.2) is 139 Å². The molecule has 8 aromatic rings. The number of nitrogens with one attached hydrogen (secondary N) is 4. The number of pyridine rings is 1. The molecular formula is C56H65N17O4. The number of anilines is 8. The number of methoxy groups -OCH3 is 2. The molecule has 2 aliphatic heterocycles. The Labute approximate surface area is 447 Å². The fourth-order valence-corrected chi connectivity index (χ4v) is 10.5. The second-order valence-corrected chi connectivity index (χ2v) is 19.7. The molecule has 2 fully saturated rings. The number of carbonyl (C=O) groups excluding carboxylic acids is 2. The minimum absolute atomic E-state index is 0.180. The molecule has 0 spiro atoms. The van der Waals surface area contributed by atoms with Gasteiger partial charge in [-0.2, -0.15) is 5.10 Å². The SMILES string of the molecule is C=CC(=O)Nc1cc(Nc2cn3c(-c4cnn(C)c4)cnc3c(CN(C)C3CCN(c4cc(OC)c(Nc5ncc6c(C)cc(-c7cccnc7)n6n5)cc4NC(=O)C=C)CC3)n2)c(OC)cc1N1CCC(N(C)C)CC1. The predicted octanol–water partition coefficient (Wildman–Crippen LogP) is 7.93. The minimum atomic E-state index is -0.342. The summed E-state index contributed by atoms with van der Waals surface area (Å²) in [6.07, 6.45) is 19.0. The largest absolute Gasteiger partial charge is 0.494 e. The van der Waals surface area contributed by atoms with Gasteiger partial charge in [-0.15, -0.1) is 5.10 Å². The third-order valence-electron chi connectivity index (χ3n) is 14.6. The zero-order valence-corrected chi connectivity index (χ0v) is 44.6. The van der Waals surface area contributed by atoms with Crippen molar-refractivity contribution in [2.75, 3.05) is 92.6 Å². The summed E-state index contributed by atoms with van der Waals surface area (Å²) >= 11 is 0. The van der Waals surface area contributed by atoms with Gasteiger partial charge < -0.3 is 45.4 Å². The Hall–Kier alpha value is -8.82. The Balaban J connectivity index is 0.907. The van der Waals surface area contributed by atoms with Gasteiger partial charge in [-0.05, 0) is 102 Å². The number of hydrogen-bond acceptors (Lipinski definition) is 16. The highest BCUT2D eigenvalue weighted by molar-refractivity contribution is 6.03. The number of piperidine rings is 2. The maximum absolute atomic E-state index is 13.0. The summed E-state index contributed by atoms with van der Waals surface area (Å²) in [7, 11) is 11.5. The van der Waals surface area contributed by atoms with Gasteiger partial charge in [-0.25, -0.2) is 19.5 Å². The van der Waals surface area contributed by atoms with Crippen LogP contribution in [0, 0.1) is 6.92 Å². The molecule has 6 aromatic heterocycles. The van der Waals surface area contributed by atoms with Crippen LogP contribution in [0.1, 0.15) is 36.9 Å². The Morgan fingerprint density at radius 3 is 1.96 bits per heavy atom. The van der Waals surface area contributed by atoms with Gasteiger partial charge in [0.25, 0.3) is 0 Å². The van der Waals surface area contributed by atoms with E-state index in [0.717, 1.165) is 89.4 Å². The number of carbonyl (C=O) groups is 2. The van der Waals surface area contributed by atoms with Crippen molar-refractivity contribution in [2.45, 2.75) is 51.2 Å². The number of nitrogens with zero attached hydrogens (tertiary/aromatic N) is 13. The van der Waals surface area contributed by atoms with Gasteiger partial charge in [0, 0.05) is 93.7 Å². The molecule has 77 heavy (non-hydrogen) atoms. The van der Waals surface area contributed by atoms with Crippen molar-refractivity contribution in [3.05, 3.63) is 122 Å². The lowest BCUT2D eigenvalue weighted by Gasteiger charge is -2.38. The Morgan fingerprint density at radius 2 is 1.39 bits per heavy atom.